The summed E-state index contributed by atoms with van der Waals surface area (Å²) in [6, 6.07) is 10.7. The zero-order chi connectivity index (χ0) is 31.9. The number of hydrazine groups is 1. The van der Waals surface area contributed by atoms with Gasteiger partial charge in [-0.25, -0.2) is 14.2 Å². The van der Waals surface area contributed by atoms with Crippen molar-refractivity contribution in [2.75, 3.05) is 20.2 Å². The summed E-state index contributed by atoms with van der Waals surface area (Å²) in [5.41, 5.74) is 2.20. The van der Waals surface area contributed by atoms with Gasteiger partial charge in [-0.1, -0.05) is 38.7 Å². The minimum Gasteiger partial charge on any atom is -0.465 e. The van der Waals surface area contributed by atoms with E-state index in [0.717, 1.165) is 27.8 Å². The number of carbonyl (C=O) groups is 2. The molecule has 0 radical (unpaired) electrons. The molecule has 0 spiro atoms. The highest BCUT2D eigenvalue weighted by Gasteiger charge is 2.39. The highest BCUT2D eigenvalue weighted by Crippen LogP contribution is 2.38. The average Bonchev–Trinajstić information content (AvgIpc) is 3.67. The van der Waals surface area contributed by atoms with E-state index >= 15 is 0 Å². The average molecular weight is 671 g/mol. The summed E-state index contributed by atoms with van der Waals surface area (Å²) in [4.78, 5) is 26.4. The van der Waals surface area contributed by atoms with Gasteiger partial charge in [0.1, 0.15) is 10.7 Å². The molecule has 1 unspecified atom stereocenters. The fraction of sp³-hybridized carbons (Fsp3) is 0.394. The Morgan fingerprint density at radius 2 is 1.91 bits per heavy atom. The van der Waals surface area contributed by atoms with Crippen LogP contribution in [0.25, 0.3) is 0 Å². The first-order valence-electron chi connectivity index (χ1n) is 14.4. The van der Waals surface area contributed by atoms with E-state index in [4.69, 9.17) is 9.16 Å². The summed E-state index contributed by atoms with van der Waals surface area (Å²) in [6.45, 7) is 12.2. The van der Waals surface area contributed by atoms with E-state index in [1.54, 1.807) is 27.8 Å². The van der Waals surface area contributed by atoms with Crippen molar-refractivity contribution < 1.29 is 23.1 Å². The first-order valence-corrected chi connectivity index (χ1v) is 20.0. The Morgan fingerprint density at radius 3 is 2.61 bits per heavy atom. The number of hydrogen-bond donors (Lipinski definition) is 0. The van der Waals surface area contributed by atoms with Gasteiger partial charge in [-0.2, -0.15) is 11.3 Å². The van der Waals surface area contributed by atoms with Gasteiger partial charge in [0.05, 0.1) is 18.8 Å². The first kappa shape index (κ1) is 34.0. The summed E-state index contributed by atoms with van der Waals surface area (Å²) in [5, 5.41) is 9.37. The third-order valence-corrected chi connectivity index (χ3v) is 14.9. The molecule has 234 valence electrons. The predicted molar refractivity (Wildman–Crippen MR) is 182 cm³/mol. The lowest BCUT2D eigenvalue weighted by atomic mass is 10.0. The Morgan fingerprint density at radius 1 is 1.11 bits per heavy atom. The maximum atomic E-state index is 14.7. The Hall–Kier alpha value is -2.88. The van der Waals surface area contributed by atoms with E-state index in [2.05, 4.69) is 45.7 Å². The zero-order valence-electron chi connectivity index (χ0n) is 26.0. The number of ether oxygens (including phenoxy) is 1. The fourth-order valence-corrected chi connectivity index (χ4v) is 7.89. The second-order valence-corrected chi connectivity index (χ2v) is 19.6. The quantitative estimate of drug-likeness (QED) is 0.116. The number of rotatable bonds is 11. The molecule has 1 aromatic carbocycles. The number of thioether (sulfide) groups is 1. The minimum atomic E-state index is -2.14. The van der Waals surface area contributed by atoms with Gasteiger partial charge in [0.2, 0.25) is 0 Å². The maximum Gasteiger partial charge on any atom is 0.348 e. The maximum absolute atomic E-state index is 14.7. The number of hydrogen-bond acceptors (Lipinski definition) is 8. The van der Waals surface area contributed by atoms with E-state index in [9.17, 15) is 14.0 Å². The SMILES string of the molecule is COC(=O)c1ccc(CCN2C(=O)SC=CN2CCC(Cc2ccc(F)c(C#Cc3ccsc3)c2)O[Si](C)(C)C(C)(C)C)s1. The molecular weight excluding hydrogens is 632 g/mol. The van der Waals surface area contributed by atoms with Crippen molar-refractivity contribution in [2.24, 2.45) is 0 Å². The smallest absolute Gasteiger partial charge is 0.348 e. The molecule has 1 atom stereocenters. The van der Waals surface area contributed by atoms with Crippen molar-refractivity contribution in [3.8, 4) is 11.8 Å². The molecule has 4 rings (SSSR count). The molecule has 1 amide bonds. The fourth-order valence-electron chi connectivity index (χ4n) is 4.36. The summed E-state index contributed by atoms with van der Waals surface area (Å²) in [7, 11) is -0.775. The highest BCUT2D eigenvalue weighted by molar-refractivity contribution is 8.16. The number of esters is 1. The van der Waals surface area contributed by atoms with Crippen LogP contribution in [0.4, 0.5) is 9.18 Å². The van der Waals surface area contributed by atoms with Crippen molar-refractivity contribution in [3.63, 3.8) is 0 Å². The molecule has 3 heterocycles. The molecule has 11 heteroatoms. The molecule has 2 aromatic heterocycles. The number of amides is 1. The van der Waals surface area contributed by atoms with Gasteiger partial charge in [0, 0.05) is 41.5 Å². The Balaban J connectivity index is 1.49. The lowest BCUT2D eigenvalue weighted by molar-refractivity contribution is 0.0566. The normalized spacial score (nSPS) is 14.4. The molecule has 0 saturated carbocycles. The van der Waals surface area contributed by atoms with E-state index in [1.165, 1.54) is 24.5 Å². The summed E-state index contributed by atoms with van der Waals surface area (Å²) in [6.07, 6.45) is 3.68. The minimum absolute atomic E-state index is 0.0125. The summed E-state index contributed by atoms with van der Waals surface area (Å²) >= 11 is 4.10. The third-order valence-electron chi connectivity index (χ3n) is 7.85. The van der Waals surface area contributed by atoms with Gasteiger partial charge in [0.15, 0.2) is 8.32 Å². The Labute approximate surface area is 273 Å². The molecule has 1 aliphatic rings. The predicted octanol–water partition coefficient (Wildman–Crippen LogP) is 8.56. The molecule has 1 aliphatic heterocycles. The molecular formula is C33H39FN2O4S3Si. The van der Waals surface area contributed by atoms with Crippen LogP contribution < -0.4 is 0 Å². The van der Waals surface area contributed by atoms with Crippen LogP contribution in [-0.4, -0.2) is 55.8 Å². The van der Waals surface area contributed by atoms with Crippen LogP contribution in [0, 0.1) is 17.7 Å². The summed E-state index contributed by atoms with van der Waals surface area (Å²) in [5.74, 6) is 5.35. The second kappa shape index (κ2) is 14.9. The molecule has 0 N–H and O–H groups in total. The number of methoxy groups -OCH3 is 1. The molecule has 6 nitrogen and oxygen atoms in total. The number of carbonyl (C=O) groups excluding carboxylic acids is 2. The lowest BCUT2D eigenvalue weighted by Gasteiger charge is -2.41. The second-order valence-electron chi connectivity index (χ2n) is 12.0. The van der Waals surface area contributed by atoms with Gasteiger partial charge in [-0.15, -0.1) is 11.3 Å². The number of benzene rings is 1. The molecule has 0 fully saturated rings. The van der Waals surface area contributed by atoms with Gasteiger partial charge in [-0.05, 0) is 89.4 Å². The van der Waals surface area contributed by atoms with Crippen LogP contribution in [0.15, 0.2) is 58.8 Å². The third kappa shape index (κ3) is 9.08. The lowest BCUT2D eigenvalue weighted by Crippen LogP contribution is -2.47. The zero-order valence-corrected chi connectivity index (χ0v) is 29.5. The molecule has 0 aliphatic carbocycles. The summed E-state index contributed by atoms with van der Waals surface area (Å²) < 4.78 is 26.4. The number of thiophene rings is 2. The monoisotopic (exact) mass is 670 g/mol. The van der Waals surface area contributed by atoms with E-state index in [0.29, 0.717) is 42.8 Å². The van der Waals surface area contributed by atoms with Crippen molar-refractivity contribution >= 4 is 54.0 Å². The number of nitrogens with zero attached hydrogens (tertiary/aromatic N) is 2. The van der Waals surface area contributed by atoms with Crippen molar-refractivity contribution in [2.45, 2.75) is 64.3 Å². The van der Waals surface area contributed by atoms with E-state index in [-0.39, 0.29) is 28.2 Å². The van der Waals surface area contributed by atoms with Gasteiger partial charge >= 0.3 is 11.2 Å². The molecule has 0 saturated heterocycles. The van der Waals surface area contributed by atoms with Gasteiger partial charge < -0.3 is 9.16 Å². The first-order chi connectivity index (χ1) is 20.9. The Bertz CT molecular complexity index is 1540. The largest absolute Gasteiger partial charge is 0.465 e. The van der Waals surface area contributed by atoms with Crippen molar-refractivity contribution in [1.29, 1.82) is 0 Å². The highest BCUT2D eigenvalue weighted by atomic mass is 32.2. The van der Waals surface area contributed by atoms with Crippen LogP contribution >= 0.6 is 34.4 Å². The number of halogens is 1. The molecule has 44 heavy (non-hydrogen) atoms. The van der Waals surface area contributed by atoms with Crippen LogP contribution in [0.1, 0.15) is 58.4 Å². The molecule has 3 aromatic rings. The van der Waals surface area contributed by atoms with Gasteiger partial charge in [-0.3, -0.25) is 9.80 Å². The topological polar surface area (TPSA) is 59.1 Å². The van der Waals surface area contributed by atoms with E-state index in [1.807, 2.05) is 46.2 Å². The van der Waals surface area contributed by atoms with Crippen LogP contribution in [0.3, 0.4) is 0 Å². The van der Waals surface area contributed by atoms with Crippen LogP contribution in [0.2, 0.25) is 18.1 Å². The van der Waals surface area contributed by atoms with Gasteiger partial charge in [0.25, 0.3) is 0 Å². The Kier molecular flexibility index (Phi) is 11.5. The van der Waals surface area contributed by atoms with Crippen LogP contribution in [-0.2, 0) is 22.0 Å². The van der Waals surface area contributed by atoms with Crippen LogP contribution in [0.5, 0.6) is 0 Å². The van der Waals surface area contributed by atoms with Crippen molar-refractivity contribution in [3.05, 3.63) is 91.0 Å². The standard InChI is InChI=1S/C33H39FN2O4S3Si/c1-33(2,3)44(5,6)40-27(22-25-8-11-29(34)26(21-25)9-7-24-15-19-41-23-24)13-16-35-18-20-42-32(38)36(35)17-14-28-10-12-30(43-28)31(37)39-4/h8,10-12,15,18-21,23,27H,13-14,16-17,22H2,1-6H3. The van der Waals surface area contributed by atoms with E-state index < -0.39 is 8.32 Å². The van der Waals surface area contributed by atoms with Crippen molar-refractivity contribution in [1.82, 2.24) is 10.0 Å². The molecule has 0 bridgehead atoms.